The number of sulfonamides is 1. The van der Waals surface area contributed by atoms with E-state index in [1.165, 1.54) is 42.7 Å². The second kappa shape index (κ2) is 10.9. The molecule has 0 saturated carbocycles. The van der Waals surface area contributed by atoms with Crippen LogP contribution in [0, 0.1) is 5.82 Å². The van der Waals surface area contributed by atoms with Gasteiger partial charge in [0.05, 0.1) is 28.8 Å². The van der Waals surface area contributed by atoms with Gasteiger partial charge in [-0.05, 0) is 67.6 Å². The Hall–Kier alpha value is -4.03. The van der Waals surface area contributed by atoms with Crippen LogP contribution in [0.3, 0.4) is 0 Å². The smallest absolute Gasteiger partial charge is 0.326 e. The van der Waals surface area contributed by atoms with Gasteiger partial charge in [0.15, 0.2) is 4.80 Å². The number of carbonyl (C=O) groups is 2. The highest BCUT2D eigenvalue weighted by molar-refractivity contribution is 7.92. The first kappa shape index (κ1) is 26.0. The molecule has 1 heterocycles. The molecule has 4 aromatic rings. The summed E-state index contributed by atoms with van der Waals surface area (Å²) in [6.45, 7) is 1.76. The van der Waals surface area contributed by atoms with Gasteiger partial charge in [-0.1, -0.05) is 17.4 Å². The van der Waals surface area contributed by atoms with Crippen molar-refractivity contribution < 1.29 is 31.9 Å². The number of aromatic nitrogens is 1. The molecule has 0 unspecified atom stereocenters. The van der Waals surface area contributed by atoms with E-state index in [0.717, 1.165) is 29.0 Å². The third-order valence-electron chi connectivity index (χ3n) is 5.17. The summed E-state index contributed by atoms with van der Waals surface area (Å²) in [7, 11) is -2.47. The molecule has 9 nitrogen and oxygen atoms in total. The number of nitrogens with zero attached hydrogens (tertiary/aromatic N) is 2. The summed E-state index contributed by atoms with van der Waals surface area (Å²) in [5.41, 5.74) is 0.925. The lowest BCUT2D eigenvalue weighted by Crippen LogP contribution is -2.23. The van der Waals surface area contributed by atoms with Gasteiger partial charge in [-0.25, -0.2) is 12.8 Å². The summed E-state index contributed by atoms with van der Waals surface area (Å²) >= 11 is 1.19. The van der Waals surface area contributed by atoms with Gasteiger partial charge in [-0.2, -0.15) is 4.99 Å². The van der Waals surface area contributed by atoms with Crippen LogP contribution < -0.4 is 14.3 Å². The van der Waals surface area contributed by atoms with Crippen LogP contribution in [0.15, 0.2) is 76.6 Å². The number of nitrogens with one attached hydrogen (secondary N) is 1. The number of benzene rings is 3. The van der Waals surface area contributed by atoms with E-state index in [1.807, 2.05) is 0 Å². The molecule has 1 aromatic heterocycles. The van der Waals surface area contributed by atoms with E-state index in [2.05, 4.69) is 9.71 Å². The number of halogens is 1. The Balaban J connectivity index is 1.68. The number of amides is 1. The lowest BCUT2D eigenvalue weighted by Gasteiger charge is -2.09. The van der Waals surface area contributed by atoms with E-state index in [4.69, 9.17) is 9.47 Å². The molecule has 1 N–H and O–H groups in total. The van der Waals surface area contributed by atoms with Gasteiger partial charge in [-0.3, -0.25) is 14.3 Å². The quantitative estimate of drug-likeness (QED) is 0.337. The topological polar surface area (TPSA) is 116 Å². The highest BCUT2D eigenvalue weighted by Crippen LogP contribution is 2.24. The molecule has 0 aliphatic rings. The standard InChI is InChI=1S/C25H22FN3O6S2/c1-3-35-23(30)15-29-21-12-9-19(34-2)14-22(21)36-25(29)27-24(31)16-5-4-6-18(13-16)28-37(32,33)20-10-7-17(26)8-11-20/h4-14,28H,3,15H2,1-2H3. The third kappa shape index (κ3) is 6.04. The summed E-state index contributed by atoms with van der Waals surface area (Å²) in [5.74, 6) is -1.08. The lowest BCUT2D eigenvalue weighted by molar-refractivity contribution is -0.143. The number of anilines is 1. The summed E-state index contributed by atoms with van der Waals surface area (Å²) in [5, 5.41) is 0. The van der Waals surface area contributed by atoms with E-state index in [-0.39, 0.29) is 34.1 Å². The number of rotatable bonds is 8. The number of ether oxygens (including phenoxy) is 2. The van der Waals surface area contributed by atoms with Crippen molar-refractivity contribution in [3.8, 4) is 5.75 Å². The molecular weight excluding hydrogens is 521 g/mol. The predicted molar refractivity (Wildman–Crippen MR) is 137 cm³/mol. The lowest BCUT2D eigenvalue weighted by atomic mass is 10.2. The van der Waals surface area contributed by atoms with Crippen molar-refractivity contribution in [3.63, 3.8) is 0 Å². The number of thiazole rings is 1. The number of fused-ring (bicyclic) bond motifs is 1. The zero-order chi connectivity index (χ0) is 26.6. The van der Waals surface area contributed by atoms with E-state index < -0.39 is 27.7 Å². The van der Waals surface area contributed by atoms with Gasteiger partial charge in [0, 0.05) is 11.3 Å². The zero-order valence-electron chi connectivity index (χ0n) is 19.8. The van der Waals surface area contributed by atoms with Crippen LogP contribution >= 0.6 is 11.3 Å². The average molecular weight is 544 g/mol. The minimum Gasteiger partial charge on any atom is -0.497 e. The predicted octanol–water partition coefficient (Wildman–Crippen LogP) is 3.96. The van der Waals surface area contributed by atoms with Gasteiger partial charge in [0.1, 0.15) is 18.1 Å². The molecule has 0 radical (unpaired) electrons. The largest absolute Gasteiger partial charge is 0.497 e. The summed E-state index contributed by atoms with van der Waals surface area (Å²) in [6, 6.07) is 15.5. The fourth-order valence-electron chi connectivity index (χ4n) is 3.45. The Morgan fingerprint density at radius 2 is 1.84 bits per heavy atom. The van der Waals surface area contributed by atoms with E-state index >= 15 is 0 Å². The number of esters is 1. The second-order valence-electron chi connectivity index (χ2n) is 7.67. The van der Waals surface area contributed by atoms with E-state index in [0.29, 0.717) is 11.3 Å². The Morgan fingerprint density at radius 1 is 1.08 bits per heavy atom. The summed E-state index contributed by atoms with van der Waals surface area (Å²) in [4.78, 5) is 29.6. The van der Waals surface area contributed by atoms with Crippen LogP contribution in [0.25, 0.3) is 10.2 Å². The molecule has 0 fully saturated rings. The monoisotopic (exact) mass is 543 g/mol. The van der Waals surface area contributed by atoms with Crippen molar-refractivity contribution in [2.45, 2.75) is 18.4 Å². The van der Waals surface area contributed by atoms with Crippen LogP contribution in [0.5, 0.6) is 5.75 Å². The molecule has 0 saturated heterocycles. The first-order chi connectivity index (χ1) is 17.7. The van der Waals surface area contributed by atoms with Gasteiger partial charge in [-0.15, -0.1) is 0 Å². The molecule has 3 aromatic carbocycles. The molecule has 0 aliphatic carbocycles. The van der Waals surface area contributed by atoms with Gasteiger partial charge in [0.2, 0.25) is 0 Å². The number of hydrogen-bond acceptors (Lipinski definition) is 7. The number of carbonyl (C=O) groups excluding carboxylic acids is 2. The first-order valence-corrected chi connectivity index (χ1v) is 13.3. The third-order valence-corrected chi connectivity index (χ3v) is 7.60. The van der Waals surface area contributed by atoms with Gasteiger partial charge >= 0.3 is 5.97 Å². The minimum absolute atomic E-state index is 0.122. The molecule has 0 spiro atoms. The Bertz CT molecular complexity index is 1640. The van der Waals surface area contributed by atoms with E-state index in [9.17, 15) is 22.4 Å². The average Bonchev–Trinajstić information content (AvgIpc) is 3.20. The normalized spacial score (nSPS) is 11.9. The highest BCUT2D eigenvalue weighted by atomic mass is 32.2. The van der Waals surface area contributed by atoms with Crippen molar-refractivity contribution in [1.29, 1.82) is 0 Å². The zero-order valence-corrected chi connectivity index (χ0v) is 21.4. The molecule has 0 aliphatic heterocycles. The molecule has 0 atom stereocenters. The molecule has 192 valence electrons. The molecule has 37 heavy (non-hydrogen) atoms. The second-order valence-corrected chi connectivity index (χ2v) is 10.4. The van der Waals surface area contributed by atoms with Crippen molar-refractivity contribution in [2.75, 3.05) is 18.4 Å². The summed E-state index contributed by atoms with van der Waals surface area (Å²) in [6.07, 6.45) is 0. The molecule has 12 heteroatoms. The molecule has 4 rings (SSSR count). The van der Waals surface area contributed by atoms with Crippen LogP contribution in [0.4, 0.5) is 10.1 Å². The van der Waals surface area contributed by atoms with Crippen molar-refractivity contribution in [2.24, 2.45) is 4.99 Å². The maximum atomic E-state index is 13.2. The van der Waals surface area contributed by atoms with Crippen LogP contribution in [-0.2, 0) is 26.1 Å². The van der Waals surface area contributed by atoms with Crippen LogP contribution in [0.2, 0.25) is 0 Å². The fourth-order valence-corrected chi connectivity index (χ4v) is 5.56. The van der Waals surface area contributed by atoms with Crippen LogP contribution in [-0.4, -0.2) is 38.6 Å². The SMILES string of the molecule is CCOC(=O)Cn1c(=NC(=O)c2cccc(NS(=O)(=O)c3ccc(F)cc3)c2)sc2cc(OC)ccc21. The first-order valence-electron chi connectivity index (χ1n) is 11.0. The molecular formula is C25H22FN3O6S2. The molecule has 0 bridgehead atoms. The van der Waals surface area contributed by atoms with Crippen molar-refractivity contribution in [1.82, 2.24) is 4.57 Å². The van der Waals surface area contributed by atoms with Gasteiger partial charge < -0.3 is 14.0 Å². The molecule has 1 amide bonds. The maximum absolute atomic E-state index is 13.2. The highest BCUT2D eigenvalue weighted by Gasteiger charge is 2.17. The van der Waals surface area contributed by atoms with Crippen molar-refractivity contribution >= 4 is 49.1 Å². The van der Waals surface area contributed by atoms with Crippen molar-refractivity contribution in [3.05, 3.63) is 82.9 Å². The van der Waals surface area contributed by atoms with Crippen LogP contribution in [0.1, 0.15) is 17.3 Å². The Labute approximate surface area is 215 Å². The summed E-state index contributed by atoms with van der Waals surface area (Å²) < 4.78 is 53.5. The number of methoxy groups -OCH3 is 1. The minimum atomic E-state index is -4.00. The van der Waals surface area contributed by atoms with E-state index in [1.54, 1.807) is 29.7 Å². The number of hydrogen-bond donors (Lipinski definition) is 1. The Morgan fingerprint density at radius 3 is 2.54 bits per heavy atom. The van der Waals surface area contributed by atoms with Gasteiger partial charge in [0.25, 0.3) is 15.9 Å². The Kier molecular flexibility index (Phi) is 7.69. The maximum Gasteiger partial charge on any atom is 0.326 e. The fraction of sp³-hybridized carbons (Fsp3) is 0.160.